The van der Waals surface area contributed by atoms with Crippen LogP contribution in [0.4, 0.5) is 5.69 Å². The Hall–Kier alpha value is -1.36. The lowest BCUT2D eigenvalue weighted by atomic mass is 10.2. The van der Waals surface area contributed by atoms with Crippen LogP contribution in [0.5, 0.6) is 0 Å². The van der Waals surface area contributed by atoms with Crippen LogP contribution in [0.25, 0.3) is 0 Å². The monoisotopic (exact) mass is 269 g/mol. The number of anilines is 1. The van der Waals surface area contributed by atoms with Crippen LogP contribution in [-0.2, 0) is 14.3 Å². The first-order chi connectivity index (χ1) is 7.15. The summed E-state index contributed by atoms with van der Waals surface area (Å²) in [6.07, 6.45) is 0. The zero-order valence-corrected chi connectivity index (χ0v) is 9.36. The maximum absolute atomic E-state index is 11.0. The number of benzene rings is 1. The summed E-state index contributed by atoms with van der Waals surface area (Å²) < 4.78 is 5.39. The normalized spacial score (nSPS) is 16.5. The molecular formula is C10H8BrNO3. The molecule has 0 N–H and O–H groups in total. The van der Waals surface area contributed by atoms with Gasteiger partial charge in [-0.15, -0.1) is 0 Å². The lowest BCUT2D eigenvalue weighted by Crippen LogP contribution is -2.42. The molecule has 0 radical (unpaired) electrons. The fourth-order valence-corrected chi connectivity index (χ4v) is 1.66. The molecule has 0 saturated carbocycles. The Bertz CT molecular complexity index is 386. The Balaban J connectivity index is 2.19. The highest BCUT2D eigenvalue weighted by atomic mass is 79.9. The number of ether oxygens (including phenoxy) is 1. The van der Waals surface area contributed by atoms with Crippen molar-refractivity contribution in [1.29, 1.82) is 0 Å². The van der Waals surface area contributed by atoms with E-state index in [2.05, 4.69) is 20.7 Å². The van der Waals surface area contributed by atoms with Crippen LogP contribution >= 0.6 is 15.9 Å². The summed E-state index contributed by atoms with van der Waals surface area (Å²) in [4.78, 5) is 23.7. The molecule has 1 fully saturated rings. The van der Waals surface area contributed by atoms with Gasteiger partial charge < -0.3 is 9.64 Å². The molecule has 0 atom stereocenters. The largest absolute Gasteiger partial charge is 0.390 e. The third-order valence-corrected chi connectivity index (χ3v) is 2.59. The summed E-state index contributed by atoms with van der Waals surface area (Å²) >= 11 is 3.32. The van der Waals surface area contributed by atoms with Crippen LogP contribution in [0, 0.1) is 0 Å². The highest BCUT2D eigenvalue weighted by Gasteiger charge is 2.24. The van der Waals surface area contributed by atoms with Crippen LogP contribution in [0.2, 0.25) is 0 Å². The molecule has 0 bridgehead atoms. The van der Waals surface area contributed by atoms with E-state index in [1.807, 2.05) is 24.3 Å². The number of carbonyl (C=O) groups excluding carboxylic acids is 2. The second kappa shape index (κ2) is 4.02. The summed E-state index contributed by atoms with van der Waals surface area (Å²) in [5.74, 6) is -1.01. The number of halogens is 1. The van der Waals surface area contributed by atoms with Crippen molar-refractivity contribution in [2.45, 2.75) is 0 Å². The van der Waals surface area contributed by atoms with Crippen molar-refractivity contribution in [3.05, 3.63) is 28.7 Å². The quantitative estimate of drug-likeness (QED) is 0.570. The first-order valence-electron chi connectivity index (χ1n) is 4.39. The van der Waals surface area contributed by atoms with Crippen LogP contribution in [0.3, 0.4) is 0 Å². The average Bonchev–Trinajstić information content (AvgIpc) is 2.17. The van der Waals surface area contributed by atoms with Crippen molar-refractivity contribution in [2.75, 3.05) is 18.0 Å². The molecule has 2 rings (SSSR count). The summed E-state index contributed by atoms with van der Waals surface area (Å²) in [6.45, 7) is 0.237. The predicted octanol–water partition coefficient (Wildman–Crippen LogP) is 1.34. The zero-order valence-electron chi connectivity index (χ0n) is 7.77. The molecule has 5 heteroatoms. The zero-order chi connectivity index (χ0) is 10.8. The SMILES string of the molecule is O=C1CN(c2ccc(Br)cc2)CC(=O)O1. The Morgan fingerprint density at radius 1 is 1.07 bits per heavy atom. The molecule has 0 amide bonds. The van der Waals surface area contributed by atoms with Gasteiger partial charge in [-0.05, 0) is 24.3 Å². The molecule has 0 aromatic heterocycles. The Morgan fingerprint density at radius 2 is 1.60 bits per heavy atom. The summed E-state index contributed by atoms with van der Waals surface area (Å²) in [5, 5.41) is 0. The van der Waals surface area contributed by atoms with E-state index < -0.39 is 11.9 Å². The highest BCUT2D eigenvalue weighted by Crippen LogP contribution is 2.19. The van der Waals surface area contributed by atoms with Crippen LogP contribution < -0.4 is 4.90 Å². The summed E-state index contributed by atoms with van der Waals surface area (Å²) in [5.41, 5.74) is 0.836. The van der Waals surface area contributed by atoms with Crippen molar-refractivity contribution >= 4 is 33.6 Å². The average molecular weight is 270 g/mol. The molecule has 1 saturated heterocycles. The third-order valence-electron chi connectivity index (χ3n) is 2.06. The minimum atomic E-state index is -0.505. The van der Waals surface area contributed by atoms with E-state index in [1.54, 1.807) is 4.90 Å². The van der Waals surface area contributed by atoms with Gasteiger partial charge in [-0.3, -0.25) is 0 Å². The molecule has 1 aromatic rings. The topological polar surface area (TPSA) is 46.6 Å². The predicted molar refractivity (Wildman–Crippen MR) is 57.5 cm³/mol. The number of morpholine rings is 1. The van der Waals surface area contributed by atoms with E-state index in [-0.39, 0.29) is 13.1 Å². The maximum Gasteiger partial charge on any atom is 0.333 e. The van der Waals surface area contributed by atoms with Crippen LogP contribution in [0.1, 0.15) is 0 Å². The van der Waals surface area contributed by atoms with Crippen LogP contribution in [0.15, 0.2) is 28.7 Å². The lowest BCUT2D eigenvalue weighted by molar-refractivity contribution is -0.160. The number of carbonyl (C=O) groups is 2. The number of esters is 2. The summed E-state index contributed by atoms with van der Waals surface area (Å²) in [7, 11) is 0. The fraction of sp³-hybridized carbons (Fsp3) is 0.200. The van der Waals surface area contributed by atoms with Gasteiger partial charge in [0.15, 0.2) is 0 Å². The first-order valence-corrected chi connectivity index (χ1v) is 5.18. The standard InChI is InChI=1S/C10H8BrNO3/c11-7-1-3-8(4-2-7)12-5-9(13)15-10(14)6-12/h1-4H,5-6H2. The van der Waals surface area contributed by atoms with Crippen LogP contribution in [-0.4, -0.2) is 25.0 Å². The van der Waals surface area contributed by atoms with Crippen molar-refractivity contribution in [2.24, 2.45) is 0 Å². The van der Waals surface area contributed by atoms with Crippen molar-refractivity contribution in [3.8, 4) is 0 Å². The van der Waals surface area contributed by atoms with E-state index in [1.165, 1.54) is 0 Å². The Morgan fingerprint density at radius 3 is 2.13 bits per heavy atom. The smallest absolute Gasteiger partial charge is 0.333 e. The van der Waals surface area contributed by atoms with E-state index >= 15 is 0 Å². The first kappa shape index (κ1) is 10.2. The van der Waals surface area contributed by atoms with Gasteiger partial charge in [-0.25, -0.2) is 9.59 Å². The molecule has 78 valence electrons. The number of cyclic esters (lactones) is 2. The molecule has 1 aliphatic heterocycles. The Labute approximate surface area is 94.9 Å². The fourth-order valence-electron chi connectivity index (χ4n) is 1.39. The number of nitrogens with zero attached hydrogens (tertiary/aromatic N) is 1. The molecular weight excluding hydrogens is 262 g/mol. The van der Waals surface area contributed by atoms with Crippen molar-refractivity contribution in [1.82, 2.24) is 0 Å². The maximum atomic E-state index is 11.0. The minimum Gasteiger partial charge on any atom is -0.390 e. The van der Waals surface area contributed by atoms with E-state index in [9.17, 15) is 9.59 Å². The van der Waals surface area contributed by atoms with Gasteiger partial charge in [0.1, 0.15) is 13.1 Å². The van der Waals surface area contributed by atoms with Gasteiger partial charge in [0, 0.05) is 10.2 Å². The van der Waals surface area contributed by atoms with E-state index in [4.69, 9.17) is 0 Å². The van der Waals surface area contributed by atoms with Gasteiger partial charge >= 0.3 is 11.9 Å². The molecule has 4 nitrogen and oxygen atoms in total. The van der Waals surface area contributed by atoms with Gasteiger partial charge in [0.2, 0.25) is 0 Å². The third kappa shape index (κ3) is 2.36. The Kier molecular flexibility index (Phi) is 2.73. The van der Waals surface area contributed by atoms with Gasteiger partial charge in [-0.1, -0.05) is 15.9 Å². The molecule has 1 aliphatic rings. The second-order valence-electron chi connectivity index (χ2n) is 3.18. The number of hydrogen-bond acceptors (Lipinski definition) is 4. The van der Waals surface area contributed by atoms with Gasteiger partial charge in [-0.2, -0.15) is 0 Å². The number of rotatable bonds is 1. The van der Waals surface area contributed by atoms with Gasteiger partial charge in [0.25, 0.3) is 0 Å². The van der Waals surface area contributed by atoms with Gasteiger partial charge in [0.05, 0.1) is 0 Å². The molecule has 0 spiro atoms. The molecule has 0 aliphatic carbocycles. The molecule has 1 heterocycles. The van der Waals surface area contributed by atoms with Crippen molar-refractivity contribution in [3.63, 3.8) is 0 Å². The molecule has 1 aromatic carbocycles. The van der Waals surface area contributed by atoms with E-state index in [0.717, 1.165) is 10.2 Å². The second-order valence-corrected chi connectivity index (χ2v) is 4.09. The minimum absolute atomic E-state index is 0.118. The number of hydrogen-bond donors (Lipinski definition) is 0. The molecule has 15 heavy (non-hydrogen) atoms. The highest BCUT2D eigenvalue weighted by molar-refractivity contribution is 9.10. The molecule has 0 unspecified atom stereocenters. The van der Waals surface area contributed by atoms with E-state index in [0.29, 0.717) is 0 Å². The van der Waals surface area contributed by atoms with Crippen molar-refractivity contribution < 1.29 is 14.3 Å². The summed E-state index contributed by atoms with van der Waals surface area (Å²) in [6, 6.07) is 7.41. The lowest BCUT2D eigenvalue weighted by Gasteiger charge is -2.26.